The standard InChI is InChI=1S/C24H25N7O2/c1-2-22(17-6-4-3-5-7-17)30-13-19(11-27-30)24-23-8-9-25-31(23)15-21(28-24)18-10-26-29(12-18)14-20(33)16-32/h3-13,15,20,22,32-33H,2,14,16H2,1H3. The third-order valence-corrected chi connectivity index (χ3v) is 5.69. The predicted octanol–water partition coefficient (Wildman–Crippen LogP) is 2.81. The Kier molecular flexibility index (Phi) is 5.72. The fourth-order valence-electron chi connectivity index (χ4n) is 4.03. The number of hydrogen-bond donors (Lipinski definition) is 2. The Morgan fingerprint density at radius 1 is 0.939 bits per heavy atom. The minimum atomic E-state index is -0.864. The van der Waals surface area contributed by atoms with Gasteiger partial charge >= 0.3 is 0 Å². The van der Waals surface area contributed by atoms with Gasteiger partial charge in [-0.2, -0.15) is 15.3 Å². The van der Waals surface area contributed by atoms with Gasteiger partial charge in [0.15, 0.2) is 0 Å². The molecule has 0 aliphatic carbocycles. The van der Waals surface area contributed by atoms with Crippen LogP contribution in [0.2, 0.25) is 0 Å². The Bertz CT molecular complexity index is 1360. The summed E-state index contributed by atoms with van der Waals surface area (Å²) in [6.07, 6.45) is 11.0. The van der Waals surface area contributed by atoms with Crippen LogP contribution in [0.4, 0.5) is 0 Å². The summed E-state index contributed by atoms with van der Waals surface area (Å²) in [6.45, 7) is 2.04. The van der Waals surface area contributed by atoms with Crippen molar-refractivity contribution in [3.8, 4) is 22.5 Å². The van der Waals surface area contributed by atoms with Crippen LogP contribution in [0.3, 0.4) is 0 Å². The Balaban J connectivity index is 1.52. The van der Waals surface area contributed by atoms with E-state index >= 15 is 0 Å². The van der Waals surface area contributed by atoms with E-state index < -0.39 is 6.10 Å². The number of aromatic nitrogens is 7. The highest BCUT2D eigenvalue weighted by Crippen LogP contribution is 2.29. The Labute approximate surface area is 190 Å². The van der Waals surface area contributed by atoms with Gasteiger partial charge in [-0.15, -0.1) is 0 Å². The van der Waals surface area contributed by atoms with Crippen molar-refractivity contribution in [1.29, 1.82) is 0 Å². The summed E-state index contributed by atoms with van der Waals surface area (Å²) in [5, 5.41) is 32.1. The molecule has 9 heteroatoms. The van der Waals surface area contributed by atoms with E-state index in [1.807, 2.05) is 47.5 Å². The number of aliphatic hydroxyl groups excluding tert-OH is 2. The molecule has 2 unspecified atom stereocenters. The SMILES string of the molecule is CCC(c1ccccc1)n1cc(-c2nc(-c3cnn(CC(O)CO)c3)cn3nccc23)cn1. The lowest BCUT2D eigenvalue weighted by Crippen LogP contribution is -2.19. The molecule has 9 nitrogen and oxygen atoms in total. The van der Waals surface area contributed by atoms with Crippen molar-refractivity contribution in [1.82, 2.24) is 34.2 Å². The molecule has 0 amide bonds. The second-order valence-corrected chi connectivity index (χ2v) is 7.97. The number of fused-ring (bicyclic) bond motifs is 1. The lowest BCUT2D eigenvalue weighted by molar-refractivity contribution is 0.0783. The highest BCUT2D eigenvalue weighted by Gasteiger charge is 2.17. The van der Waals surface area contributed by atoms with Crippen LogP contribution in [0.1, 0.15) is 24.9 Å². The minimum Gasteiger partial charge on any atom is -0.394 e. The third-order valence-electron chi connectivity index (χ3n) is 5.69. The maximum absolute atomic E-state index is 9.70. The van der Waals surface area contributed by atoms with E-state index in [1.54, 1.807) is 27.8 Å². The summed E-state index contributed by atoms with van der Waals surface area (Å²) in [7, 11) is 0. The normalized spacial score (nSPS) is 13.4. The molecule has 1 aromatic carbocycles. The van der Waals surface area contributed by atoms with Crippen LogP contribution >= 0.6 is 0 Å². The van der Waals surface area contributed by atoms with E-state index in [0.717, 1.165) is 28.8 Å². The first-order chi connectivity index (χ1) is 16.2. The summed E-state index contributed by atoms with van der Waals surface area (Å²) in [5.74, 6) is 0. The van der Waals surface area contributed by atoms with Gasteiger partial charge in [0.25, 0.3) is 0 Å². The molecule has 2 N–H and O–H groups in total. The Hall–Kier alpha value is -3.82. The summed E-state index contributed by atoms with van der Waals surface area (Å²) in [5.41, 5.74) is 5.27. The van der Waals surface area contributed by atoms with Gasteiger partial charge in [0.2, 0.25) is 0 Å². The second-order valence-electron chi connectivity index (χ2n) is 7.97. The van der Waals surface area contributed by atoms with Crippen molar-refractivity contribution in [3.05, 3.63) is 79.1 Å². The highest BCUT2D eigenvalue weighted by atomic mass is 16.3. The zero-order valence-corrected chi connectivity index (χ0v) is 18.2. The maximum Gasteiger partial charge on any atom is 0.0999 e. The van der Waals surface area contributed by atoms with Gasteiger partial charge in [0, 0.05) is 23.5 Å². The lowest BCUT2D eigenvalue weighted by Gasteiger charge is -2.15. The molecule has 5 aromatic rings. The summed E-state index contributed by atoms with van der Waals surface area (Å²) >= 11 is 0. The number of benzene rings is 1. The molecule has 33 heavy (non-hydrogen) atoms. The largest absolute Gasteiger partial charge is 0.394 e. The highest BCUT2D eigenvalue weighted by molar-refractivity contribution is 5.78. The molecule has 0 bridgehead atoms. The molecule has 0 aliphatic rings. The lowest BCUT2D eigenvalue weighted by atomic mass is 10.1. The molecule has 0 saturated carbocycles. The molecule has 168 valence electrons. The smallest absolute Gasteiger partial charge is 0.0999 e. The summed E-state index contributed by atoms with van der Waals surface area (Å²) in [6, 6.07) is 12.4. The Morgan fingerprint density at radius 2 is 1.76 bits per heavy atom. The van der Waals surface area contributed by atoms with Crippen LogP contribution in [0.5, 0.6) is 0 Å². The average Bonchev–Trinajstić information content (AvgIpc) is 3.60. The number of hydrogen-bond acceptors (Lipinski definition) is 6. The van der Waals surface area contributed by atoms with Crippen molar-refractivity contribution >= 4 is 5.52 Å². The molecular formula is C24H25N7O2. The Morgan fingerprint density at radius 3 is 2.55 bits per heavy atom. The zero-order valence-electron chi connectivity index (χ0n) is 18.2. The van der Waals surface area contributed by atoms with Gasteiger partial charge < -0.3 is 10.2 Å². The van der Waals surface area contributed by atoms with Crippen LogP contribution in [-0.2, 0) is 6.54 Å². The van der Waals surface area contributed by atoms with Crippen molar-refractivity contribution < 1.29 is 10.2 Å². The minimum absolute atomic E-state index is 0.139. The zero-order chi connectivity index (χ0) is 22.8. The van der Waals surface area contributed by atoms with Gasteiger partial charge in [0.05, 0.1) is 67.0 Å². The number of nitrogens with zero attached hydrogens (tertiary/aromatic N) is 7. The van der Waals surface area contributed by atoms with Crippen molar-refractivity contribution in [2.45, 2.75) is 32.0 Å². The predicted molar refractivity (Wildman–Crippen MR) is 123 cm³/mol. The van der Waals surface area contributed by atoms with Crippen LogP contribution in [0, 0.1) is 0 Å². The molecular weight excluding hydrogens is 418 g/mol. The molecule has 0 saturated heterocycles. The fourth-order valence-corrected chi connectivity index (χ4v) is 4.03. The van der Waals surface area contributed by atoms with E-state index in [9.17, 15) is 5.11 Å². The number of rotatable bonds is 8. The molecule has 0 aliphatic heterocycles. The molecule has 4 aromatic heterocycles. The molecule has 4 heterocycles. The van der Waals surface area contributed by atoms with Crippen LogP contribution < -0.4 is 0 Å². The summed E-state index contributed by atoms with van der Waals surface area (Å²) < 4.78 is 5.37. The topological polar surface area (TPSA) is 106 Å². The van der Waals surface area contributed by atoms with Crippen molar-refractivity contribution in [2.24, 2.45) is 0 Å². The van der Waals surface area contributed by atoms with E-state index in [2.05, 4.69) is 34.4 Å². The fraction of sp³-hybridized carbons (Fsp3) is 0.250. The molecule has 0 spiro atoms. The van der Waals surface area contributed by atoms with Crippen molar-refractivity contribution in [3.63, 3.8) is 0 Å². The number of aliphatic hydroxyl groups is 2. The van der Waals surface area contributed by atoms with E-state index in [4.69, 9.17) is 10.1 Å². The van der Waals surface area contributed by atoms with Crippen LogP contribution in [0.15, 0.2) is 73.6 Å². The summed E-state index contributed by atoms with van der Waals surface area (Å²) in [4.78, 5) is 4.92. The van der Waals surface area contributed by atoms with Crippen LogP contribution in [-0.4, -0.2) is 57.1 Å². The third kappa shape index (κ3) is 4.15. The second kappa shape index (κ2) is 8.97. The van der Waals surface area contributed by atoms with Gasteiger partial charge in [-0.05, 0) is 18.1 Å². The van der Waals surface area contributed by atoms with Crippen LogP contribution in [0.25, 0.3) is 28.0 Å². The van der Waals surface area contributed by atoms with E-state index in [-0.39, 0.29) is 19.2 Å². The van der Waals surface area contributed by atoms with E-state index in [1.165, 1.54) is 5.56 Å². The first-order valence-corrected chi connectivity index (χ1v) is 10.9. The monoisotopic (exact) mass is 443 g/mol. The average molecular weight is 444 g/mol. The van der Waals surface area contributed by atoms with Crippen molar-refractivity contribution in [2.75, 3.05) is 6.61 Å². The molecule has 2 atom stereocenters. The molecule has 5 rings (SSSR count). The van der Waals surface area contributed by atoms with E-state index in [0.29, 0.717) is 5.69 Å². The van der Waals surface area contributed by atoms with Gasteiger partial charge in [0.1, 0.15) is 0 Å². The van der Waals surface area contributed by atoms with Gasteiger partial charge in [-0.1, -0.05) is 37.3 Å². The maximum atomic E-state index is 9.70. The molecule has 0 radical (unpaired) electrons. The quantitative estimate of drug-likeness (QED) is 0.382. The first kappa shape index (κ1) is 21.0. The molecule has 0 fully saturated rings. The van der Waals surface area contributed by atoms with Gasteiger partial charge in [-0.3, -0.25) is 9.36 Å². The first-order valence-electron chi connectivity index (χ1n) is 10.9. The van der Waals surface area contributed by atoms with Gasteiger partial charge in [-0.25, -0.2) is 9.50 Å².